The van der Waals surface area contributed by atoms with Gasteiger partial charge in [-0.2, -0.15) is 0 Å². The second-order valence-electron chi connectivity index (χ2n) is 6.47. The van der Waals surface area contributed by atoms with Gasteiger partial charge in [0.05, 0.1) is 36.5 Å². The summed E-state index contributed by atoms with van der Waals surface area (Å²) in [6, 6.07) is 16.0. The van der Waals surface area contributed by atoms with Crippen molar-refractivity contribution in [3.05, 3.63) is 64.7 Å². The summed E-state index contributed by atoms with van der Waals surface area (Å²) in [4.78, 5) is 14.9. The van der Waals surface area contributed by atoms with Crippen LogP contribution in [0.3, 0.4) is 0 Å². The average molecular weight is 359 g/mol. The molecule has 132 valence electrons. The Morgan fingerprint density at radius 1 is 1.20 bits per heavy atom. The molecule has 0 radical (unpaired) electrons. The van der Waals surface area contributed by atoms with Crippen molar-refractivity contribution in [2.45, 2.75) is 25.9 Å². The Labute approximate surface area is 153 Å². The van der Waals surface area contributed by atoms with Gasteiger partial charge in [0.1, 0.15) is 0 Å². The van der Waals surface area contributed by atoms with Crippen LogP contribution in [0, 0.1) is 6.92 Å². The van der Waals surface area contributed by atoms with E-state index in [0.29, 0.717) is 30.5 Å². The number of amides is 1. The average Bonchev–Trinajstić information content (AvgIpc) is 2.61. The van der Waals surface area contributed by atoms with E-state index in [-0.39, 0.29) is 18.0 Å². The minimum atomic E-state index is -0.0640. The lowest BCUT2D eigenvalue weighted by atomic mass is 10.0. The van der Waals surface area contributed by atoms with Crippen molar-refractivity contribution in [1.82, 2.24) is 4.90 Å². The number of morpholine rings is 1. The van der Waals surface area contributed by atoms with E-state index in [0.717, 1.165) is 11.1 Å². The largest absolute Gasteiger partial charge is 0.378 e. The summed E-state index contributed by atoms with van der Waals surface area (Å²) in [5.41, 5.74) is 2.80. The van der Waals surface area contributed by atoms with E-state index in [1.807, 2.05) is 37.3 Å². The molecular weight excluding hydrogens is 336 g/mol. The van der Waals surface area contributed by atoms with E-state index in [4.69, 9.17) is 16.3 Å². The fourth-order valence-electron chi connectivity index (χ4n) is 3.21. The molecule has 0 bridgehead atoms. The lowest BCUT2D eigenvalue weighted by Crippen LogP contribution is -2.49. The molecule has 4 nitrogen and oxygen atoms in total. The lowest BCUT2D eigenvalue weighted by molar-refractivity contribution is -0.121. The third-order valence-corrected chi connectivity index (χ3v) is 4.91. The van der Waals surface area contributed by atoms with Crippen molar-refractivity contribution in [2.75, 3.05) is 25.1 Å². The molecule has 1 amide bonds. The second kappa shape index (κ2) is 8.00. The molecule has 25 heavy (non-hydrogen) atoms. The number of benzene rings is 2. The van der Waals surface area contributed by atoms with Crippen molar-refractivity contribution in [3.8, 4) is 0 Å². The summed E-state index contributed by atoms with van der Waals surface area (Å²) in [5, 5.41) is 3.52. The maximum atomic E-state index is 12.7. The SMILES string of the molecule is Cc1cccc(Cl)c1NC(=O)CN1[C@H](C)COC[C@H]1c1ccccc1. The van der Waals surface area contributed by atoms with Crippen LogP contribution in [0.15, 0.2) is 48.5 Å². The smallest absolute Gasteiger partial charge is 0.238 e. The topological polar surface area (TPSA) is 41.6 Å². The number of anilines is 1. The van der Waals surface area contributed by atoms with Crippen LogP contribution in [0.4, 0.5) is 5.69 Å². The van der Waals surface area contributed by atoms with Gasteiger partial charge in [-0.3, -0.25) is 9.69 Å². The van der Waals surface area contributed by atoms with Crippen molar-refractivity contribution in [2.24, 2.45) is 0 Å². The van der Waals surface area contributed by atoms with Crippen LogP contribution in [0.25, 0.3) is 0 Å². The summed E-state index contributed by atoms with van der Waals surface area (Å²) >= 11 is 6.22. The van der Waals surface area contributed by atoms with Crippen molar-refractivity contribution in [1.29, 1.82) is 0 Å². The molecular formula is C20H23ClN2O2. The summed E-state index contributed by atoms with van der Waals surface area (Å²) < 4.78 is 5.72. The minimum Gasteiger partial charge on any atom is -0.378 e. The number of para-hydroxylation sites is 1. The van der Waals surface area contributed by atoms with E-state index < -0.39 is 0 Å². The van der Waals surface area contributed by atoms with E-state index in [1.165, 1.54) is 0 Å². The molecule has 0 saturated carbocycles. The zero-order chi connectivity index (χ0) is 17.8. The number of hydrogen-bond acceptors (Lipinski definition) is 3. The molecule has 0 unspecified atom stereocenters. The van der Waals surface area contributed by atoms with Gasteiger partial charge in [-0.05, 0) is 31.0 Å². The summed E-state index contributed by atoms with van der Waals surface area (Å²) in [7, 11) is 0. The second-order valence-corrected chi connectivity index (χ2v) is 6.87. The third kappa shape index (κ3) is 4.21. The molecule has 1 heterocycles. The molecule has 1 N–H and O–H groups in total. The van der Waals surface area contributed by atoms with Gasteiger partial charge in [-0.15, -0.1) is 0 Å². The van der Waals surface area contributed by atoms with Crippen molar-refractivity contribution < 1.29 is 9.53 Å². The van der Waals surface area contributed by atoms with Crippen LogP contribution in [-0.4, -0.2) is 36.6 Å². The highest BCUT2D eigenvalue weighted by Gasteiger charge is 2.31. The first-order chi connectivity index (χ1) is 12.1. The maximum absolute atomic E-state index is 12.7. The lowest BCUT2D eigenvalue weighted by Gasteiger charge is -2.40. The number of carbonyl (C=O) groups excluding carboxylic acids is 1. The Morgan fingerprint density at radius 3 is 2.68 bits per heavy atom. The summed E-state index contributed by atoms with van der Waals surface area (Å²) in [6.45, 7) is 5.54. The van der Waals surface area contributed by atoms with Crippen LogP contribution < -0.4 is 5.32 Å². The zero-order valence-electron chi connectivity index (χ0n) is 14.5. The highest BCUT2D eigenvalue weighted by atomic mass is 35.5. The number of halogens is 1. The normalized spacial score (nSPS) is 21.1. The first kappa shape index (κ1) is 17.9. The van der Waals surface area contributed by atoms with E-state index in [9.17, 15) is 4.79 Å². The summed E-state index contributed by atoms with van der Waals surface area (Å²) in [6.07, 6.45) is 0. The number of carbonyl (C=O) groups is 1. The van der Waals surface area contributed by atoms with Gasteiger partial charge in [0.2, 0.25) is 5.91 Å². The third-order valence-electron chi connectivity index (χ3n) is 4.60. The Kier molecular flexibility index (Phi) is 5.74. The number of nitrogens with zero attached hydrogens (tertiary/aromatic N) is 1. The monoisotopic (exact) mass is 358 g/mol. The van der Waals surface area contributed by atoms with Crippen LogP contribution in [0.1, 0.15) is 24.1 Å². The molecule has 2 aromatic carbocycles. The van der Waals surface area contributed by atoms with Gasteiger partial charge in [0, 0.05) is 6.04 Å². The first-order valence-corrected chi connectivity index (χ1v) is 8.87. The van der Waals surface area contributed by atoms with Gasteiger partial charge in [-0.1, -0.05) is 54.1 Å². The predicted molar refractivity (Wildman–Crippen MR) is 101 cm³/mol. The quantitative estimate of drug-likeness (QED) is 0.896. The van der Waals surface area contributed by atoms with Crippen molar-refractivity contribution >= 4 is 23.2 Å². The molecule has 2 atom stereocenters. The Balaban J connectivity index is 1.75. The highest BCUT2D eigenvalue weighted by molar-refractivity contribution is 6.33. The molecule has 0 aliphatic carbocycles. The number of nitrogens with one attached hydrogen (secondary N) is 1. The van der Waals surface area contributed by atoms with E-state index >= 15 is 0 Å². The standard InChI is InChI=1S/C20H23ClN2O2/c1-14-7-6-10-17(21)20(14)22-19(24)11-23-15(2)12-25-13-18(23)16-8-4-3-5-9-16/h3-10,15,18H,11-13H2,1-2H3,(H,22,24)/t15-,18+/m1/s1. The van der Waals surface area contributed by atoms with Gasteiger partial charge in [0.15, 0.2) is 0 Å². The molecule has 2 aromatic rings. The van der Waals surface area contributed by atoms with E-state index in [2.05, 4.69) is 29.3 Å². The molecule has 1 aliphatic heterocycles. The Bertz CT molecular complexity index is 715. The predicted octanol–water partition coefficient (Wildman–Crippen LogP) is 4.05. The molecule has 1 aliphatic rings. The number of aryl methyl sites for hydroxylation is 1. The van der Waals surface area contributed by atoms with Gasteiger partial charge in [0.25, 0.3) is 0 Å². The zero-order valence-corrected chi connectivity index (χ0v) is 15.3. The molecule has 1 fully saturated rings. The molecule has 5 heteroatoms. The van der Waals surface area contributed by atoms with Crippen LogP contribution in [0.2, 0.25) is 5.02 Å². The molecule has 0 spiro atoms. The van der Waals surface area contributed by atoms with Crippen molar-refractivity contribution in [3.63, 3.8) is 0 Å². The minimum absolute atomic E-state index is 0.0640. The van der Waals surface area contributed by atoms with Gasteiger partial charge >= 0.3 is 0 Å². The van der Waals surface area contributed by atoms with Gasteiger partial charge < -0.3 is 10.1 Å². The molecule has 1 saturated heterocycles. The van der Waals surface area contributed by atoms with Crippen LogP contribution >= 0.6 is 11.6 Å². The Hall–Kier alpha value is -1.88. The highest BCUT2D eigenvalue weighted by Crippen LogP contribution is 2.28. The summed E-state index contributed by atoms with van der Waals surface area (Å²) in [5.74, 6) is -0.0640. The van der Waals surface area contributed by atoms with Crippen LogP contribution in [0.5, 0.6) is 0 Å². The fourth-order valence-corrected chi connectivity index (χ4v) is 3.48. The fraction of sp³-hybridized carbons (Fsp3) is 0.350. The molecule has 3 rings (SSSR count). The number of ether oxygens (including phenoxy) is 1. The first-order valence-electron chi connectivity index (χ1n) is 8.49. The van der Waals surface area contributed by atoms with Crippen LogP contribution in [-0.2, 0) is 9.53 Å². The maximum Gasteiger partial charge on any atom is 0.238 e. The number of rotatable bonds is 4. The molecule has 0 aromatic heterocycles. The van der Waals surface area contributed by atoms with E-state index in [1.54, 1.807) is 6.07 Å². The van der Waals surface area contributed by atoms with Gasteiger partial charge in [-0.25, -0.2) is 0 Å². The number of hydrogen-bond donors (Lipinski definition) is 1. The Morgan fingerprint density at radius 2 is 1.96 bits per heavy atom.